The molecular formula is C17H21FN4O2. The van der Waals surface area contributed by atoms with Crippen molar-refractivity contribution in [1.29, 1.82) is 0 Å². The van der Waals surface area contributed by atoms with Crippen LogP contribution in [0, 0.1) is 5.82 Å². The average Bonchev–Trinajstić information content (AvgIpc) is 3.21. The van der Waals surface area contributed by atoms with Gasteiger partial charge in [0.25, 0.3) is 5.91 Å². The molecule has 1 aromatic carbocycles. The predicted octanol–water partition coefficient (Wildman–Crippen LogP) is 2.13. The highest BCUT2D eigenvalue weighted by molar-refractivity contribution is 5.91. The van der Waals surface area contributed by atoms with Gasteiger partial charge in [-0.1, -0.05) is 26.0 Å². The largest absolute Gasteiger partial charge is 0.394 e. The van der Waals surface area contributed by atoms with E-state index in [4.69, 9.17) is 0 Å². The topological polar surface area (TPSA) is 71.2 Å². The first-order valence-corrected chi connectivity index (χ1v) is 8.16. The Bertz CT molecular complexity index is 744. The number of hydrogen-bond donors (Lipinski definition) is 1. The molecule has 0 spiro atoms. The molecule has 1 fully saturated rings. The Morgan fingerprint density at radius 1 is 1.42 bits per heavy atom. The van der Waals surface area contributed by atoms with Gasteiger partial charge < -0.3 is 10.0 Å². The van der Waals surface area contributed by atoms with E-state index in [0.717, 1.165) is 12.8 Å². The monoisotopic (exact) mass is 332 g/mol. The number of nitrogens with zero attached hydrogens (tertiary/aromatic N) is 4. The molecule has 0 radical (unpaired) electrons. The Hall–Kier alpha value is -2.28. The number of halogens is 1. The molecule has 1 aliphatic heterocycles. The molecule has 1 aliphatic rings. The standard InChI is InChI=1S/C17H21FN4O2/c1-11(2)16-19-15(17(24)21-9-5-6-12(21)10-23)20-22(16)14-8-4-3-7-13(14)18/h3-4,7-8,11-12,23H,5-6,9-10H2,1-2H3/t12-/m1/s1. The van der Waals surface area contributed by atoms with Gasteiger partial charge in [-0.15, -0.1) is 5.10 Å². The lowest BCUT2D eigenvalue weighted by atomic mass is 10.2. The van der Waals surface area contributed by atoms with Crippen LogP contribution >= 0.6 is 0 Å². The number of rotatable bonds is 4. The molecule has 0 aliphatic carbocycles. The number of carbonyl (C=O) groups excluding carboxylic acids is 1. The lowest BCUT2D eigenvalue weighted by molar-refractivity contribution is 0.0665. The van der Waals surface area contributed by atoms with E-state index in [1.54, 1.807) is 23.1 Å². The van der Waals surface area contributed by atoms with E-state index in [-0.39, 0.29) is 36.0 Å². The third kappa shape index (κ3) is 2.91. The summed E-state index contributed by atoms with van der Waals surface area (Å²) in [5, 5.41) is 13.7. The first-order valence-electron chi connectivity index (χ1n) is 8.16. The molecule has 1 atom stereocenters. The summed E-state index contributed by atoms with van der Waals surface area (Å²) < 4.78 is 15.5. The number of aromatic nitrogens is 3. The SMILES string of the molecule is CC(C)c1nc(C(=O)N2CCC[C@@H]2CO)nn1-c1ccccc1F. The van der Waals surface area contributed by atoms with E-state index in [9.17, 15) is 14.3 Å². The zero-order valence-corrected chi connectivity index (χ0v) is 13.8. The summed E-state index contributed by atoms with van der Waals surface area (Å²) in [6.07, 6.45) is 1.62. The van der Waals surface area contributed by atoms with Gasteiger partial charge in [0.05, 0.1) is 12.6 Å². The van der Waals surface area contributed by atoms with Crippen LogP contribution in [0.25, 0.3) is 5.69 Å². The Balaban J connectivity index is 2.01. The summed E-state index contributed by atoms with van der Waals surface area (Å²) in [6, 6.07) is 6.09. The van der Waals surface area contributed by atoms with Crippen molar-refractivity contribution >= 4 is 5.91 Å². The lowest BCUT2D eigenvalue weighted by Crippen LogP contribution is -2.38. The van der Waals surface area contributed by atoms with Gasteiger partial charge in [-0.05, 0) is 25.0 Å². The Morgan fingerprint density at radius 2 is 2.17 bits per heavy atom. The summed E-state index contributed by atoms with van der Waals surface area (Å²) in [5.74, 6) is -0.183. The van der Waals surface area contributed by atoms with Crippen molar-refractivity contribution in [2.45, 2.75) is 38.6 Å². The van der Waals surface area contributed by atoms with Gasteiger partial charge in [0, 0.05) is 12.5 Å². The third-order valence-electron chi connectivity index (χ3n) is 4.27. The highest BCUT2D eigenvalue weighted by atomic mass is 19.1. The smallest absolute Gasteiger partial charge is 0.293 e. The summed E-state index contributed by atoms with van der Waals surface area (Å²) in [5.41, 5.74) is 0.271. The molecule has 1 amide bonds. The van der Waals surface area contributed by atoms with Crippen LogP contribution in [0.2, 0.25) is 0 Å². The van der Waals surface area contributed by atoms with Crippen LogP contribution in [0.5, 0.6) is 0 Å². The van der Waals surface area contributed by atoms with Crippen LogP contribution in [0.3, 0.4) is 0 Å². The second-order valence-electron chi connectivity index (χ2n) is 6.29. The van der Waals surface area contributed by atoms with Gasteiger partial charge in [-0.3, -0.25) is 4.79 Å². The minimum Gasteiger partial charge on any atom is -0.394 e. The number of aliphatic hydroxyl groups excluding tert-OH is 1. The van der Waals surface area contributed by atoms with E-state index < -0.39 is 5.82 Å². The van der Waals surface area contributed by atoms with Crippen LogP contribution in [-0.4, -0.2) is 49.9 Å². The van der Waals surface area contributed by atoms with Crippen molar-refractivity contribution in [3.63, 3.8) is 0 Å². The molecule has 0 unspecified atom stereocenters. The Labute approximate surface area is 139 Å². The molecule has 6 nitrogen and oxygen atoms in total. The fourth-order valence-electron chi connectivity index (χ4n) is 3.01. The van der Waals surface area contributed by atoms with Gasteiger partial charge in [0.15, 0.2) is 0 Å². The molecule has 7 heteroatoms. The highest BCUT2D eigenvalue weighted by Crippen LogP contribution is 2.22. The van der Waals surface area contributed by atoms with Crippen LogP contribution < -0.4 is 0 Å². The molecule has 2 heterocycles. The zero-order valence-electron chi connectivity index (χ0n) is 13.8. The molecule has 0 saturated carbocycles. The number of carbonyl (C=O) groups is 1. The van der Waals surface area contributed by atoms with Gasteiger partial charge >= 0.3 is 0 Å². The predicted molar refractivity (Wildman–Crippen MR) is 86.6 cm³/mol. The molecular weight excluding hydrogens is 311 g/mol. The number of aliphatic hydroxyl groups is 1. The third-order valence-corrected chi connectivity index (χ3v) is 4.27. The van der Waals surface area contributed by atoms with Crippen molar-refractivity contribution in [1.82, 2.24) is 19.7 Å². The van der Waals surface area contributed by atoms with Gasteiger partial charge in [0.2, 0.25) is 5.82 Å². The van der Waals surface area contributed by atoms with Gasteiger partial charge in [-0.2, -0.15) is 0 Å². The number of benzene rings is 1. The molecule has 1 saturated heterocycles. The molecule has 0 bridgehead atoms. The van der Waals surface area contributed by atoms with Crippen LogP contribution in [0.4, 0.5) is 4.39 Å². The summed E-state index contributed by atoms with van der Waals surface area (Å²) in [7, 11) is 0. The number of amides is 1. The maximum absolute atomic E-state index is 14.1. The second kappa shape index (κ2) is 6.68. The van der Waals surface area contributed by atoms with Crippen molar-refractivity contribution in [3.05, 3.63) is 41.7 Å². The van der Waals surface area contributed by atoms with Crippen molar-refractivity contribution in [2.75, 3.05) is 13.2 Å². The van der Waals surface area contributed by atoms with E-state index in [0.29, 0.717) is 12.4 Å². The van der Waals surface area contributed by atoms with Gasteiger partial charge in [0.1, 0.15) is 17.3 Å². The van der Waals surface area contributed by atoms with Crippen LogP contribution in [0.15, 0.2) is 24.3 Å². The molecule has 2 aromatic rings. The lowest BCUT2D eigenvalue weighted by Gasteiger charge is -2.21. The van der Waals surface area contributed by atoms with E-state index >= 15 is 0 Å². The highest BCUT2D eigenvalue weighted by Gasteiger charge is 2.32. The van der Waals surface area contributed by atoms with Crippen molar-refractivity contribution in [3.8, 4) is 5.69 Å². The molecule has 3 rings (SSSR count). The Kier molecular flexibility index (Phi) is 4.62. The van der Waals surface area contributed by atoms with Gasteiger partial charge in [-0.25, -0.2) is 14.1 Å². The first-order chi connectivity index (χ1) is 11.5. The molecule has 128 valence electrons. The summed E-state index contributed by atoms with van der Waals surface area (Å²) >= 11 is 0. The van der Waals surface area contributed by atoms with Crippen LogP contribution in [0.1, 0.15) is 49.1 Å². The maximum Gasteiger partial charge on any atom is 0.293 e. The summed E-state index contributed by atoms with van der Waals surface area (Å²) in [6.45, 7) is 4.34. The van der Waals surface area contributed by atoms with Crippen molar-refractivity contribution in [2.24, 2.45) is 0 Å². The number of hydrogen-bond acceptors (Lipinski definition) is 4. The summed E-state index contributed by atoms with van der Waals surface area (Å²) in [4.78, 5) is 18.7. The zero-order chi connectivity index (χ0) is 17.3. The fraction of sp³-hybridized carbons (Fsp3) is 0.471. The maximum atomic E-state index is 14.1. The average molecular weight is 332 g/mol. The molecule has 1 N–H and O–H groups in total. The minimum absolute atomic E-state index is 0.0223. The fourth-order valence-corrected chi connectivity index (χ4v) is 3.01. The number of likely N-dealkylation sites (tertiary alicyclic amines) is 1. The Morgan fingerprint density at radius 3 is 2.83 bits per heavy atom. The first kappa shape index (κ1) is 16.6. The van der Waals surface area contributed by atoms with Crippen LogP contribution in [-0.2, 0) is 0 Å². The van der Waals surface area contributed by atoms with E-state index in [2.05, 4.69) is 10.1 Å². The van der Waals surface area contributed by atoms with Crippen molar-refractivity contribution < 1.29 is 14.3 Å². The van der Waals surface area contributed by atoms with E-state index in [1.165, 1.54) is 10.7 Å². The van der Waals surface area contributed by atoms with E-state index in [1.807, 2.05) is 13.8 Å². The second-order valence-corrected chi connectivity index (χ2v) is 6.29. The molecule has 1 aromatic heterocycles. The minimum atomic E-state index is -0.419. The number of para-hydroxylation sites is 1. The quantitative estimate of drug-likeness (QED) is 0.931. The normalized spacial score (nSPS) is 17.7. The molecule has 24 heavy (non-hydrogen) atoms.